The Morgan fingerprint density at radius 1 is 0.422 bits per heavy atom. The van der Waals surface area contributed by atoms with E-state index in [1.807, 2.05) is 104 Å². The molecule has 0 N–H and O–H groups in total. The lowest BCUT2D eigenvalue weighted by atomic mass is 9.98. The summed E-state index contributed by atoms with van der Waals surface area (Å²) in [6, 6.07) is 65.5. The third-order valence-electron chi connectivity index (χ3n) is 12.0. The molecule has 0 atom stereocenters. The third kappa shape index (κ3) is 6.48. The van der Waals surface area contributed by atoms with Crippen LogP contribution in [0.15, 0.2) is 209 Å². The van der Waals surface area contributed by atoms with Gasteiger partial charge in [0.2, 0.25) is 0 Å². The number of para-hydroxylation sites is 2. The van der Waals surface area contributed by atoms with E-state index in [0.717, 1.165) is 93.6 Å². The minimum atomic E-state index is 0.544. The predicted octanol–water partition coefficient (Wildman–Crippen LogP) is 13.5. The topological polar surface area (TPSA) is 69.9 Å². The van der Waals surface area contributed by atoms with Crippen LogP contribution in [-0.4, -0.2) is 19.5 Å². The molecule has 0 aliphatic carbocycles. The van der Waals surface area contributed by atoms with Gasteiger partial charge in [-0.15, -0.1) is 0 Å². The number of nitrogens with zero attached hydrogens (tertiary/aromatic N) is 4. The van der Waals surface area contributed by atoms with E-state index in [-0.39, 0.29) is 0 Å². The monoisotopic (exact) mass is 822 g/mol. The number of hydrogen-bond donors (Lipinski definition) is 0. The van der Waals surface area contributed by atoms with Crippen LogP contribution in [0.1, 0.15) is 12.7 Å². The van der Waals surface area contributed by atoms with Crippen molar-refractivity contribution in [2.75, 3.05) is 0 Å². The Kier molecular flexibility index (Phi) is 8.94. The van der Waals surface area contributed by atoms with E-state index >= 15 is 0 Å². The molecule has 0 amide bonds. The van der Waals surface area contributed by atoms with E-state index < -0.39 is 0 Å². The molecule has 6 heteroatoms. The van der Waals surface area contributed by atoms with Crippen LogP contribution in [0.3, 0.4) is 0 Å². The summed E-state index contributed by atoms with van der Waals surface area (Å²) in [7, 11) is 0. The van der Waals surface area contributed by atoms with Crippen LogP contribution in [0, 0.1) is 0 Å². The van der Waals surface area contributed by atoms with Crippen molar-refractivity contribution in [3.8, 4) is 50.7 Å². The molecule has 12 aromatic rings. The molecule has 0 fully saturated rings. The minimum absolute atomic E-state index is 0.544. The fraction of sp³-hybridized carbons (Fsp3) is 0.0172. The van der Waals surface area contributed by atoms with E-state index in [9.17, 15) is 0 Å². The maximum Gasteiger partial charge on any atom is 0.164 e. The summed E-state index contributed by atoms with van der Waals surface area (Å²) in [6.07, 6.45) is 8.01. The van der Waals surface area contributed by atoms with Crippen molar-refractivity contribution in [3.63, 3.8) is 0 Å². The summed E-state index contributed by atoms with van der Waals surface area (Å²) in [5.41, 5.74) is 13.0. The molecule has 12 rings (SSSR count). The largest absolute Gasteiger partial charge is 0.456 e. The van der Waals surface area contributed by atoms with Gasteiger partial charge in [-0.25, -0.2) is 15.0 Å². The smallest absolute Gasteiger partial charge is 0.164 e. The Morgan fingerprint density at radius 2 is 0.922 bits per heavy atom. The minimum Gasteiger partial charge on any atom is -0.456 e. The van der Waals surface area contributed by atoms with Gasteiger partial charge in [0.05, 0.1) is 11.0 Å². The molecular formula is C58H38N4O2. The van der Waals surface area contributed by atoms with Crippen LogP contribution in [0.2, 0.25) is 0 Å². The van der Waals surface area contributed by atoms with Crippen LogP contribution in [0.4, 0.5) is 0 Å². The lowest BCUT2D eigenvalue weighted by Gasteiger charge is -2.08. The molecule has 0 bridgehead atoms. The van der Waals surface area contributed by atoms with Crippen LogP contribution in [0.25, 0.3) is 118 Å². The normalized spacial score (nSPS) is 12.6. The molecule has 302 valence electrons. The van der Waals surface area contributed by atoms with Gasteiger partial charge >= 0.3 is 0 Å². The number of furan rings is 2. The molecule has 0 spiro atoms. The lowest BCUT2D eigenvalue weighted by Crippen LogP contribution is -2.20. The van der Waals surface area contributed by atoms with Crippen molar-refractivity contribution in [2.24, 2.45) is 0 Å². The standard InChI is InChI=1S/C58H38N4O2/c1-2-3-22-53-49(36-56-59-57(37-15-7-4-8-16-37)61-58(60-56)38-17-9-5-10-18-38)48-35-42(27-31-55(48)64-53)40-25-29-51-46(33-40)45-32-39(24-28-50(45)62(51)43-19-11-6-12-20-43)41-26-30-54-47(34-41)44-21-13-14-23-52(44)63-54/h2-36H,1H3/b3-2-,49-36?,53-22+. The van der Waals surface area contributed by atoms with Gasteiger partial charge in [0.15, 0.2) is 17.5 Å². The summed E-state index contributed by atoms with van der Waals surface area (Å²) in [5.74, 6) is 1.76. The number of rotatable bonds is 7. The summed E-state index contributed by atoms with van der Waals surface area (Å²) in [5, 5.41) is 6.44. The number of benzene rings is 8. The second-order valence-electron chi connectivity index (χ2n) is 15.9. The summed E-state index contributed by atoms with van der Waals surface area (Å²) in [4.78, 5) is 14.9. The molecule has 0 aliphatic heterocycles. The SMILES string of the molecule is C/C=C\C=c1\oc2ccc(-c3ccc4c(c3)c3cc(-c5ccc6oc7ccccc7c6c5)ccc3n4-c3ccccc3)cc2c1=Cc1nc(-c2ccccc2)nc(-c2ccccc2)n1. The molecule has 0 radical (unpaired) electrons. The van der Waals surface area contributed by atoms with Gasteiger partial charge in [-0.3, -0.25) is 0 Å². The molecule has 8 aromatic carbocycles. The zero-order chi connectivity index (χ0) is 42.6. The number of allylic oxidation sites excluding steroid dienone is 2. The summed E-state index contributed by atoms with van der Waals surface area (Å²) >= 11 is 0. The molecule has 0 unspecified atom stereocenters. The summed E-state index contributed by atoms with van der Waals surface area (Å²) < 4.78 is 15.1. The van der Waals surface area contributed by atoms with Gasteiger partial charge in [-0.1, -0.05) is 133 Å². The molecule has 0 saturated carbocycles. The van der Waals surface area contributed by atoms with E-state index in [1.165, 1.54) is 10.8 Å². The highest BCUT2D eigenvalue weighted by molar-refractivity contribution is 6.12. The van der Waals surface area contributed by atoms with Gasteiger partial charge in [0.1, 0.15) is 22.2 Å². The molecule has 4 aromatic heterocycles. The zero-order valence-electron chi connectivity index (χ0n) is 34.8. The Balaban J connectivity index is 1.04. The van der Waals surface area contributed by atoms with Crippen LogP contribution >= 0.6 is 0 Å². The predicted molar refractivity (Wildman–Crippen MR) is 261 cm³/mol. The highest BCUT2D eigenvalue weighted by Crippen LogP contribution is 2.39. The van der Waals surface area contributed by atoms with Crippen molar-refractivity contribution in [2.45, 2.75) is 6.92 Å². The third-order valence-corrected chi connectivity index (χ3v) is 12.0. The number of aromatic nitrogens is 4. The average Bonchev–Trinajstić information content (AvgIpc) is 4.02. The van der Waals surface area contributed by atoms with E-state index in [0.29, 0.717) is 17.5 Å². The molecule has 64 heavy (non-hydrogen) atoms. The number of hydrogen-bond acceptors (Lipinski definition) is 5. The highest BCUT2D eigenvalue weighted by Gasteiger charge is 2.17. The Hall–Kier alpha value is -8.61. The lowest BCUT2D eigenvalue weighted by molar-refractivity contribution is 0.575. The number of fused-ring (bicyclic) bond motifs is 7. The Bertz CT molecular complexity index is 3840. The molecule has 0 aliphatic rings. The average molecular weight is 823 g/mol. The molecule has 4 heterocycles. The first-order chi connectivity index (χ1) is 31.6. The molecular weight excluding hydrogens is 785 g/mol. The first-order valence-electron chi connectivity index (χ1n) is 21.5. The van der Waals surface area contributed by atoms with Crippen LogP contribution < -0.4 is 10.6 Å². The zero-order valence-corrected chi connectivity index (χ0v) is 34.8. The second-order valence-corrected chi connectivity index (χ2v) is 15.9. The molecule has 6 nitrogen and oxygen atoms in total. The van der Waals surface area contributed by atoms with Crippen LogP contribution in [-0.2, 0) is 0 Å². The van der Waals surface area contributed by atoms with Gasteiger partial charge in [0.25, 0.3) is 0 Å². The van der Waals surface area contributed by atoms with Crippen molar-refractivity contribution in [1.29, 1.82) is 0 Å². The van der Waals surface area contributed by atoms with Gasteiger partial charge in [-0.05, 0) is 108 Å². The first-order valence-corrected chi connectivity index (χ1v) is 21.5. The maximum absolute atomic E-state index is 6.56. The van der Waals surface area contributed by atoms with Crippen LogP contribution in [0.5, 0.6) is 0 Å². The van der Waals surface area contributed by atoms with Crippen molar-refractivity contribution >= 4 is 66.9 Å². The fourth-order valence-corrected chi connectivity index (χ4v) is 8.93. The Labute approximate surface area is 368 Å². The fourth-order valence-electron chi connectivity index (χ4n) is 8.93. The van der Waals surface area contributed by atoms with Gasteiger partial charge in [0, 0.05) is 49.0 Å². The quantitative estimate of drug-likeness (QED) is 0.160. The van der Waals surface area contributed by atoms with E-state index in [2.05, 4.69) is 120 Å². The van der Waals surface area contributed by atoms with Gasteiger partial charge in [-0.2, -0.15) is 0 Å². The van der Waals surface area contributed by atoms with E-state index in [4.69, 9.17) is 23.8 Å². The second kappa shape index (κ2) is 15.4. The van der Waals surface area contributed by atoms with E-state index in [1.54, 1.807) is 0 Å². The first kappa shape index (κ1) is 37.2. The highest BCUT2D eigenvalue weighted by atomic mass is 16.3. The maximum atomic E-state index is 6.56. The molecule has 0 saturated heterocycles. The van der Waals surface area contributed by atoms with Crippen molar-refractivity contribution in [3.05, 3.63) is 217 Å². The summed E-state index contributed by atoms with van der Waals surface area (Å²) in [6.45, 7) is 2.00. The van der Waals surface area contributed by atoms with Crippen molar-refractivity contribution in [1.82, 2.24) is 19.5 Å². The Morgan fingerprint density at radius 3 is 1.53 bits per heavy atom. The van der Waals surface area contributed by atoms with Crippen molar-refractivity contribution < 1.29 is 8.83 Å². The van der Waals surface area contributed by atoms with Gasteiger partial charge < -0.3 is 13.4 Å².